The molecule has 2 aromatic carbocycles. The topological polar surface area (TPSA) is 59.0 Å². The number of ether oxygens (including phenoxy) is 2. The number of hydrogen-bond acceptors (Lipinski definition) is 4. The monoisotopic (exact) mass is 449 g/mol. The number of allylic oxidation sites excluding steroid dienone is 1. The van der Waals surface area contributed by atoms with Gasteiger partial charge in [0, 0.05) is 19.6 Å². The molecule has 1 fully saturated rings. The smallest absolute Gasteiger partial charge is 0.309 e. The number of aliphatic carboxylic acids is 1. The molecule has 0 radical (unpaired) electrons. The SMILES string of the molecule is COc1cc(COc2ccc3c(c2)CCC(CN2CC(C(=O)O)C2)=C3C)cc(CC(C)C)c1. The van der Waals surface area contributed by atoms with Gasteiger partial charge in [0.1, 0.15) is 18.1 Å². The molecule has 33 heavy (non-hydrogen) atoms. The molecule has 0 atom stereocenters. The molecule has 2 aliphatic rings. The number of likely N-dealkylation sites (tertiary alicyclic amines) is 1. The molecule has 0 saturated carbocycles. The zero-order valence-corrected chi connectivity index (χ0v) is 20.2. The third-order valence-corrected chi connectivity index (χ3v) is 6.74. The normalized spacial score (nSPS) is 16.5. The Morgan fingerprint density at radius 2 is 1.85 bits per heavy atom. The quantitative estimate of drug-likeness (QED) is 0.570. The molecule has 1 aliphatic heterocycles. The summed E-state index contributed by atoms with van der Waals surface area (Å²) in [5.74, 6) is 1.48. The van der Waals surface area contributed by atoms with Crippen LogP contribution in [0.25, 0.3) is 5.57 Å². The lowest BCUT2D eigenvalue weighted by Crippen LogP contribution is -2.50. The van der Waals surface area contributed by atoms with Crippen molar-refractivity contribution in [1.29, 1.82) is 0 Å². The molecule has 1 N–H and O–H groups in total. The number of nitrogens with zero attached hydrogens (tertiary/aromatic N) is 1. The summed E-state index contributed by atoms with van der Waals surface area (Å²) in [6.45, 7) is 9.35. The number of benzene rings is 2. The molecule has 0 unspecified atom stereocenters. The number of fused-ring (bicyclic) bond motifs is 1. The number of carbonyl (C=O) groups is 1. The third-order valence-electron chi connectivity index (χ3n) is 6.74. The molecular weight excluding hydrogens is 414 g/mol. The van der Waals surface area contributed by atoms with E-state index >= 15 is 0 Å². The average Bonchev–Trinajstić information content (AvgIpc) is 2.74. The van der Waals surface area contributed by atoms with Crippen molar-refractivity contribution >= 4 is 11.5 Å². The first-order valence-electron chi connectivity index (χ1n) is 11.9. The molecule has 0 aromatic heterocycles. The molecule has 4 rings (SSSR count). The van der Waals surface area contributed by atoms with Gasteiger partial charge in [0.2, 0.25) is 0 Å². The summed E-state index contributed by atoms with van der Waals surface area (Å²) in [5, 5.41) is 9.10. The van der Waals surface area contributed by atoms with Crippen LogP contribution in [0.3, 0.4) is 0 Å². The molecule has 1 aliphatic carbocycles. The van der Waals surface area contributed by atoms with Crippen LogP contribution in [-0.2, 0) is 24.2 Å². The van der Waals surface area contributed by atoms with E-state index in [4.69, 9.17) is 14.6 Å². The fraction of sp³-hybridized carbons (Fsp3) is 0.464. The van der Waals surface area contributed by atoms with E-state index in [1.807, 2.05) is 6.07 Å². The van der Waals surface area contributed by atoms with Gasteiger partial charge in [-0.2, -0.15) is 0 Å². The summed E-state index contributed by atoms with van der Waals surface area (Å²) in [7, 11) is 1.71. The van der Waals surface area contributed by atoms with E-state index in [0.717, 1.165) is 42.9 Å². The maximum absolute atomic E-state index is 11.1. The van der Waals surface area contributed by atoms with Crippen molar-refractivity contribution in [3.05, 3.63) is 64.2 Å². The van der Waals surface area contributed by atoms with E-state index in [0.29, 0.717) is 25.6 Å². The molecule has 0 bridgehead atoms. The molecular formula is C28H35NO4. The van der Waals surface area contributed by atoms with Crippen LogP contribution in [0.5, 0.6) is 11.5 Å². The highest BCUT2D eigenvalue weighted by Crippen LogP contribution is 2.35. The van der Waals surface area contributed by atoms with Gasteiger partial charge in [-0.1, -0.05) is 31.6 Å². The number of carboxylic acid groups (broad SMARTS) is 1. The van der Waals surface area contributed by atoms with Crippen LogP contribution in [0.15, 0.2) is 42.0 Å². The van der Waals surface area contributed by atoms with Crippen LogP contribution in [0.2, 0.25) is 0 Å². The molecule has 5 heteroatoms. The Hall–Kier alpha value is -2.79. The Kier molecular flexibility index (Phi) is 7.08. The number of aryl methyl sites for hydroxylation is 1. The van der Waals surface area contributed by atoms with Gasteiger partial charge in [-0.15, -0.1) is 0 Å². The Morgan fingerprint density at radius 3 is 2.55 bits per heavy atom. The predicted octanol–water partition coefficient (Wildman–Crippen LogP) is 5.21. The average molecular weight is 450 g/mol. The van der Waals surface area contributed by atoms with Crippen molar-refractivity contribution < 1.29 is 19.4 Å². The second-order valence-electron chi connectivity index (χ2n) is 9.85. The Bertz CT molecular complexity index is 1050. The van der Waals surface area contributed by atoms with E-state index in [1.165, 1.54) is 27.8 Å². The molecule has 0 spiro atoms. The van der Waals surface area contributed by atoms with E-state index in [2.05, 4.69) is 56.0 Å². The van der Waals surface area contributed by atoms with Gasteiger partial charge in [-0.05, 0) is 84.2 Å². The lowest BCUT2D eigenvalue weighted by atomic mass is 9.85. The van der Waals surface area contributed by atoms with Crippen LogP contribution in [-0.4, -0.2) is 42.7 Å². The minimum atomic E-state index is -0.677. The first kappa shape index (κ1) is 23.4. The van der Waals surface area contributed by atoms with Crippen molar-refractivity contribution in [2.45, 2.75) is 46.6 Å². The summed E-state index contributed by atoms with van der Waals surface area (Å²) < 4.78 is 11.7. The van der Waals surface area contributed by atoms with Crippen molar-refractivity contribution in [3.63, 3.8) is 0 Å². The van der Waals surface area contributed by atoms with Crippen molar-refractivity contribution in [1.82, 2.24) is 4.90 Å². The lowest BCUT2D eigenvalue weighted by Gasteiger charge is -2.38. The Morgan fingerprint density at radius 1 is 1.09 bits per heavy atom. The van der Waals surface area contributed by atoms with Gasteiger partial charge in [0.25, 0.3) is 0 Å². The van der Waals surface area contributed by atoms with Gasteiger partial charge < -0.3 is 14.6 Å². The van der Waals surface area contributed by atoms with E-state index in [1.54, 1.807) is 7.11 Å². The zero-order chi connectivity index (χ0) is 23.5. The van der Waals surface area contributed by atoms with Crippen molar-refractivity contribution in [3.8, 4) is 11.5 Å². The van der Waals surface area contributed by atoms with E-state index < -0.39 is 5.97 Å². The maximum Gasteiger partial charge on any atom is 0.309 e. The number of carboxylic acids is 1. The van der Waals surface area contributed by atoms with Crippen LogP contribution >= 0.6 is 0 Å². The molecule has 2 aromatic rings. The van der Waals surface area contributed by atoms with E-state index in [-0.39, 0.29) is 5.92 Å². The van der Waals surface area contributed by atoms with Gasteiger partial charge in [-0.25, -0.2) is 0 Å². The van der Waals surface area contributed by atoms with E-state index in [9.17, 15) is 4.79 Å². The van der Waals surface area contributed by atoms with Crippen LogP contribution in [0.1, 0.15) is 49.4 Å². The molecule has 5 nitrogen and oxygen atoms in total. The molecule has 1 saturated heterocycles. The summed E-state index contributed by atoms with van der Waals surface area (Å²) in [4.78, 5) is 13.3. The number of rotatable bonds is 9. The molecule has 176 valence electrons. The van der Waals surface area contributed by atoms with Gasteiger partial charge >= 0.3 is 5.97 Å². The van der Waals surface area contributed by atoms with Crippen molar-refractivity contribution in [2.75, 3.05) is 26.7 Å². The Labute approximate surface area is 197 Å². The van der Waals surface area contributed by atoms with Crippen LogP contribution in [0, 0.1) is 11.8 Å². The lowest BCUT2D eigenvalue weighted by molar-refractivity contribution is -0.147. The summed E-state index contributed by atoms with van der Waals surface area (Å²) in [6, 6.07) is 12.8. The highest BCUT2D eigenvalue weighted by Gasteiger charge is 2.33. The number of methoxy groups -OCH3 is 1. The van der Waals surface area contributed by atoms with Crippen LogP contribution < -0.4 is 9.47 Å². The van der Waals surface area contributed by atoms with Crippen molar-refractivity contribution in [2.24, 2.45) is 11.8 Å². The molecule has 0 amide bonds. The third kappa shape index (κ3) is 5.59. The minimum Gasteiger partial charge on any atom is -0.497 e. The fourth-order valence-electron chi connectivity index (χ4n) is 4.90. The summed E-state index contributed by atoms with van der Waals surface area (Å²) in [6.07, 6.45) is 3.03. The number of hydrogen-bond donors (Lipinski definition) is 1. The van der Waals surface area contributed by atoms with Gasteiger partial charge in [-0.3, -0.25) is 9.69 Å². The second kappa shape index (κ2) is 10.0. The zero-order valence-electron chi connectivity index (χ0n) is 20.2. The standard InChI is InChI=1S/C28H35NO4/c1-18(2)9-20-10-21(12-26(11-20)32-4)17-33-25-7-8-27-19(3)23(6-5-22(27)13-25)14-29-15-24(16-29)28(30)31/h7-8,10-13,18,24H,5-6,9,14-17H2,1-4H3,(H,30,31). The minimum absolute atomic E-state index is 0.201. The highest BCUT2D eigenvalue weighted by molar-refractivity contribution is 5.73. The summed E-state index contributed by atoms with van der Waals surface area (Å²) in [5.41, 5.74) is 7.77. The molecule has 1 heterocycles. The predicted molar refractivity (Wildman–Crippen MR) is 131 cm³/mol. The second-order valence-corrected chi connectivity index (χ2v) is 9.85. The fourth-order valence-corrected chi connectivity index (χ4v) is 4.90. The van der Waals surface area contributed by atoms with Crippen LogP contribution in [0.4, 0.5) is 0 Å². The van der Waals surface area contributed by atoms with Gasteiger partial charge in [0.05, 0.1) is 13.0 Å². The first-order valence-corrected chi connectivity index (χ1v) is 11.9. The Balaban J connectivity index is 1.41. The largest absolute Gasteiger partial charge is 0.497 e. The maximum atomic E-state index is 11.1. The first-order chi connectivity index (χ1) is 15.8. The summed E-state index contributed by atoms with van der Waals surface area (Å²) >= 11 is 0. The highest BCUT2D eigenvalue weighted by atomic mass is 16.5. The van der Waals surface area contributed by atoms with Gasteiger partial charge in [0.15, 0.2) is 0 Å².